The average Bonchev–Trinajstić information content (AvgIpc) is 3.32. The van der Waals surface area contributed by atoms with Crippen LogP contribution in [-0.2, 0) is 14.8 Å². The lowest BCUT2D eigenvalue weighted by atomic mass is 10.1. The first-order valence-electron chi connectivity index (χ1n) is 10.5. The summed E-state index contributed by atoms with van der Waals surface area (Å²) >= 11 is 6.24. The van der Waals surface area contributed by atoms with Crippen molar-refractivity contribution in [3.8, 4) is 17.6 Å². The molecular weight excluding hydrogens is 490 g/mol. The lowest BCUT2D eigenvalue weighted by Crippen LogP contribution is -2.30. The molecule has 35 heavy (non-hydrogen) atoms. The molecule has 0 saturated carbocycles. The Hall–Kier alpha value is -4.00. The SMILES string of the molecule is CCN(c1ccccc1)S(=O)(=O)c1ccc(Cl)c(NC(=O)/C(C#N)=C/c2ccc3c(c2)OCO3)c1. The van der Waals surface area contributed by atoms with Crippen LogP contribution in [0.3, 0.4) is 0 Å². The zero-order chi connectivity index (χ0) is 25.0. The van der Waals surface area contributed by atoms with Gasteiger partial charge in [0.15, 0.2) is 11.5 Å². The second-order valence-electron chi connectivity index (χ2n) is 7.38. The third-order valence-corrected chi connectivity index (χ3v) is 7.41. The number of halogens is 1. The molecule has 3 aromatic rings. The van der Waals surface area contributed by atoms with Crippen LogP contribution in [0, 0.1) is 11.3 Å². The van der Waals surface area contributed by atoms with Gasteiger partial charge in [-0.05, 0) is 61.0 Å². The quantitative estimate of drug-likeness (QED) is 0.361. The van der Waals surface area contributed by atoms with Crippen molar-refractivity contribution in [2.45, 2.75) is 11.8 Å². The number of hydrogen-bond acceptors (Lipinski definition) is 6. The van der Waals surface area contributed by atoms with Gasteiger partial charge in [0.05, 0.1) is 21.3 Å². The van der Waals surface area contributed by atoms with Crippen LogP contribution in [0.1, 0.15) is 12.5 Å². The number of carbonyl (C=O) groups excluding carboxylic acids is 1. The van der Waals surface area contributed by atoms with Crippen LogP contribution in [-0.4, -0.2) is 27.7 Å². The van der Waals surface area contributed by atoms with E-state index in [0.717, 1.165) is 0 Å². The fourth-order valence-electron chi connectivity index (χ4n) is 3.48. The van der Waals surface area contributed by atoms with E-state index in [-0.39, 0.29) is 34.5 Å². The Labute approximate surface area is 208 Å². The number of benzene rings is 3. The number of rotatable bonds is 7. The monoisotopic (exact) mass is 509 g/mol. The van der Waals surface area contributed by atoms with Crippen molar-refractivity contribution in [3.05, 3.63) is 82.9 Å². The van der Waals surface area contributed by atoms with Gasteiger partial charge in [-0.25, -0.2) is 8.42 Å². The van der Waals surface area contributed by atoms with Gasteiger partial charge in [0.1, 0.15) is 11.6 Å². The standard InChI is InChI=1S/C25H20ClN3O5S/c1-2-29(19-6-4-3-5-7-19)35(31,32)20-9-10-21(26)22(14-20)28-25(30)18(15-27)12-17-8-11-23-24(13-17)34-16-33-23/h3-14H,2,16H2,1H3,(H,28,30)/b18-12+. The minimum absolute atomic E-state index is 0.0545. The molecule has 0 saturated heterocycles. The fourth-order valence-corrected chi connectivity index (χ4v) is 5.15. The number of hydrogen-bond donors (Lipinski definition) is 1. The molecule has 178 valence electrons. The van der Waals surface area contributed by atoms with Crippen molar-refractivity contribution < 1.29 is 22.7 Å². The molecule has 0 fully saturated rings. The Morgan fingerprint density at radius 2 is 1.86 bits per heavy atom. The van der Waals surface area contributed by atoms with E-state index in [1.807, 2.05) is 6.07 Å². The summed E-state index contributed by atoms with van der Waals surface area (Å²) in [6, 6.07) is 19.6. The van der Waals surface area contributed by atoms with Gasteiger partial charge in [-0.3, -0.25) is 9.10 Å². The Morgan fingerprint density at radius 1 is 1.11 bits per heavy atom. The molecule has 1 heterocycles. The molecule has 1 aliphatic rings. The molecule has 0 unspecified atom stereocenters. The van der Waals surface area contributed by atoms with Crippen LogP contribution >= 0.6 is 11.6 Å². The normalized spacial score (nSPS) is 12.7. The third-order valence-electron chi connectivity index (χ3n) is 5.18. The van der Waals surface area contributed by atoms with Gasteiger partial charge >= 0.3 is 0 Å². The Bertz CT molecular complexity index is 1450. The summed E-state index contributed by atoms with van der Waals surface area (Å²) in [6.07, 6.45) is 1.39. The molecule has 0 aromatic heterocycles. The smallest absolute Gasteiger partial charge is 0.266 e. The summed E-state index contributed by atoms with van der Waals surface area (Å²) in [5, 5.41) is 12.2. The maximum absolute atomic E-state index is 13.3. The summed E-state index contributed by atoms with van der Waals surface area (Å²) in [5.41, 5.74) is 0.931. The predicted molar refractivity (Wildman–Crippen MR) is 133 cm³/mol. The van der Waals surface area contributed by atoms with E-state index < -0.39 is 15.9 Å². The maximum Gasteiger partial charge on any atom is 0.266 e. The van der Waals surface area contributed by atoms with E-state index in [4.69, 9.17) is 21.1 Å². The van der Waals surface area contributed by atoms with E-state index in [0.29, 0.717) is 22.7 Å². The molecule has 3 aromatic carbocycles. The van der Waals surface area contributed by atoms with Crippen LogP contribution in [0.4, 0.5) is 11.4 Å². The lowest BCUT2D eigenvalue weighted by Gasteiger charge is -2.23. The van der Waals surface area contributed by atoms with Crippen LogP contribution < -0.4 is 19.1 Å². The number of fused-ring (bicyclic) bond motifs is 1. The number of amides is 1. The third kappa shape index (κ3) is 5.09. The van der Waals surface area contributed by atoms with E-state index >= 15 is 0 Å². The topological polar surface area (TPSA) is 109 Å². The van der Waals surface area contributed by atoms with Gasteiger partial charge in [0, 0.05) is 6.54 Å². The zero-order valence-corrected chi connectivity index (χ0v) is 20.1. The minimum atomic E-state index is -3.94. The fraction of sp³-hybridized carbons (Fsp3) is 0.120. The zero-order valence-electron chi connectivity index (χ0n) is 18.6. The Balaban J connectivity index is 1.61. The van der Waals surface area contributed by atoms with Gasteiger partial charge in [0.2, 0.25) is 6.79 Å². The molecule has 0 atom stereocenters. The van der Waals surface area contributed by atoms with Crippen molar-refractivity contribution in [2.24, 2.45) is 0 Å². The van der Waals surface area contributed by atoms with Crippen LogP contribution in [0.2, 0.25) is 5.02 Å². The van der Waals surface area contributed by atoms with Gasteiger partial charge in [-0.2, -0.15) is 5.26 Å². The number of sulfonamides is 1. The van der Waals surface area contributed by atoms with Gasteiger partial charge < -0.3 is 14.8 Å². The highest BCUT2D eigenvalue weighted by Gasteiger charge is 2.25. The lowest BCUT2D eigenvalue weighted by molar-refractivity contribution is -0.112. The van der Waals surface area contributed by atoms with Crippen LogP contribution in [0.15, 0.2) is 77.2 Å². The molecule has 0 radical (unpaired) electrons. The number of para-hydroxylation sites is 1. The second kappa shape index (κ2) is 10.1. The predicted octanol–water partition coefficient (Wildman–Crippen LogP) is 4.83. The summed E-state index contributed by atoms with van der Waals surface area (Å²) < 4.78 is 38.5. The minimum Gasteiger partial charge on any atom is -0.454 e. The number of nitrogens with one attached hydrogen (secondary N) is 1. The molecule has 0 spiro atoms. The van der Waals surface area contributed by atoms with Crippen LogP contribution in [0.5, 0.6) is 11.5 Å². The number of carbonyl (C=O) groups is 1. The first-order valence-corrected chi connectivity index (χ1v) is 12.4. The summed E-state index contributed by atoms with van der Waals surface area (Å²) in [5.74, 6) is 0.347. The molecule has 1 N–H and O–H groups in total. The second-order valence-corrected chi connectivity index (χ2v) is 9.65. The summed E-state index contributed by atoms with van der Waals surface area (Å²) in [7, 11) is -3.94. The molecular formula is C25H20ClN3O5S. The largest absolute Gasteiger partial charge is 0.454 e. The van der Waals surface area contributed by atoms with Crippen molar-refractivity contribution in [1.29, 1.82) is 5.26 Å². The Morgan fingerprint density at radius 3 is 2.57 bits per heavy atom. The molecule has 0 aliphatic carbocycles. The average molecular weight is 510 g/mol. The number of anilines is 2. The van der Waals surface area contributed by atoms with Gasteiger partial charge in [0.25, 0.3) is 15.9 Å². The van der Waals surface area contributed by atoms with Crippen LogP contribution in [0.25, 0.3) is 6.08 Å². The first kappa shape index (κ1) is 24.1. The highest BCUT2D eigenvalue weighted by Crippen LogP contribution is 2.33. The summed E-state index contributed by atoms with van der Waals surface area (Å²) in [4.78, 5) is 12.8. The molecule has 8 nitrogen and oxygen atoms in total. The van der Waals surface area contributed by atoms with Crippen molar-refractivity contribution in [2.75, 3.05) is 23.0 Å². The van der Waals surface area contributed by atoms with Gasteiger partial charge in [-0.15, -0.1) is 0 Å². The van der Waals surface area contributed by atoms with E-state index in [9.17, 15) is 18.5 Å². The summed E-state index contributed by atoms with van der Waals surface area (Å²) in [6.45, 7) is 2.03. The molecule has 1 amide bonds. The molecule has 1 aliphatic heterocycles. The molecule has 0 bridgehead atoms. The van der Waals surface area contributed by atoms with Crippen molar-refractivity contribution >= 4 is 45.0 Å². The molecule has 4 rings (SSSR count). The van der Waals surface area contributed by atoms with Crippen molar-refractivity contribution in [1.82, 2.24) is 0 Å². The highest BCUT2D eigenvalue weighted by atomic mass is 35.5. The van der Waals surface area contributed by atoms with E-state index in [1.165, 1.54) is 28.6 Å². The maximum atomic E-state index is 13.3. The number of nitrogens with zero attached hydrogens (tertiary/aromatic N) is 2. The Kier molecular flexibility index (Phi) is 6.96. The first-order chi connectivity index (χ1) is 16.8. The van der Waals surface area contributed by atoms with Gasteiger partial charge in [-0.1, -0.05) is 35.9 Å². The van der Waals surface area contributed by atoms with E-state index in [1.54, 1.807) is 55.5 Å². The number of ether oxygens (including phenoxy) is 2. The highest BCUT2D eigenvalue weighted by molar-refractivity contribution is 7.92. The van der Waals surface area contributed by atoms with E-state index in [2.05, 4.69) is 5.32 Å². The molecule has 10 heteroatoms. The number of nitriles is 1. The van der Waals surface area contributed by atoms with Crippen molar-refractivity contribution in [3.63, 3.8) is 0 Å².